The van der Waals surface area contributed by atoms with E-state index in [2.05, 4.69) is 20.5 Å². The van der Waals surface area contributed by atoms with Gasteiger partial charge in [0.2, 0.25) is 17.0 Å². The highest BCUT2D eigenvalue weighted by molar-refractivity contribution is 7.99. The normalized spacial score (nSPS) is 10.2. The number of imide groups is 1. The maximum absolute atomic E-state index is 11.7. The minimum atomic E-state index is -0.484. The summed E-state index contributed by atoms with van der Waals surface area (Å²) >= 11 is 6.78. The van der Waals surface area contributed by atoms with Crippen molar-refractivity contribution >= 4 is 41.1 Å². The van der Waals surface area contributed by atoms with E-state index in [0.717, 1.165) is 11.8 Å². The number of rotatable bonds is 4. The Hall–Kier alpha value is -2.06. The second-order valence-corrected chi connectivity index (χ2v) is 5.06. The zero-order valence-corrected chi connectivity index (χ0v) is 11.7. The van der Waals surface area contributed by atoms with Gasteiger partial charge in [-0.2, -0.15) is 4.98 Å². The van der Waals surface area contributed by atoms with E-state index >= 15 is 0 Å². The van der Waals surface area contributed by atoms with E-state index < -0.39 is 11.8 Å². The molecular weight excluding hydrogens is 302 g/mol. The van der Waals surface area contributed by atoms with E-state index in [4.69, 9.17) is 17.3 Å². The molecule has 7 nitrogen and oxygen atoms in total. The van der Waals surface area contributed by atoms with Crippen LogP contribution in [0.5, 0.6) is 0 Å². The summed E-state index contributed by atoms with van der Waals surface area (Å²) in [7, 11) is 0. The van der Waals surface area contributed by atoms with Crippen molar-refractivity contribution in [2.45, 2.75) is 5.16 Å². The molecule has 2 rings (SSSR count). The van der Waals surface area contributed by atoms with Crippen LogP contribution in [0.25, 0.3) is 0 Å². The molecule has 0 aliphatic carbocycles. The number of nitrogens with one attached hydrogen (secondary N) is 2. The Morgan fingerprint density at radius 1 is 1.35 bits per heavy atom. The summed E-state index contributed by atoms with van der Waals surface area (Å²) in [4.78, 5) is 27.2. The van der Waals surface area contributed by atoms with E-state index in [9.17, 15) is 9.59 Å². The third-order valence-electron chi connectivity index (χ3n) is 2.17. The predicted molar refractivity (Wildman–Crippen MR) is 75.4 cm³/mol. The minimum absolute atomic E-state index is 0.0105. The third-order valence-corrected chi connectivity index (χ3v) is 3.27. The average Bonchev–Trinajstić information content (AvgIpc) is 2.83. The Bertz CT molecular complexity index is 628. The van der Waals surface area contributed by atoms with Crippen LogP contribution in [0.1, 0.15) is 10.4 Å². The molecule has 104 valence electrons. The van der Waals surface area contributed by atoms with Gasteiger partial charge in [0.25, 0.3) is 5.91 Å². The van der Waals surface area contributed by atoms with Gasteiger partial charge >= 0.3 is 0 Å². The number of anilines is 1. The van der Waals surface area contributed by atoms with Crippen LogP contribution >= 0.6 is 23.4 Å². The number of aromatic nitrogens is 3. The summed E-state index contributed by atoms with van der Waals surface area (Å²) in [5.74, 6) is -0.749. The highest BCUT2D eigenvalue weighted by Gasteiger charge is 2.11. The number of benzene rings is 1. The van der Waals surface area contributed by atoms with Gasteiger partial charge in [-0.15, -0.1) is 5.10 Å². The van der Waals surface area contributed by atoms with Gasteiger partial charge in [-0.05, 0) is 24.3 Å². The quantitative estimate of drug-likeness (QED) is 0.728. The van der Waals surface area contributed by atoms with Gasteiger partial charge in [0.1, 0.15) is 0 Å². The van der Waals surface area contributed by atoms with Gasteiger partial charge in [0.05, 0.1) is 5.75 Å². The average molecular weight is 312 g/mol. The number of carbonyl (C=O) groups is 2. The van der Waals surface area contributed by atoms with Crippen LogP contribution in [0, 0.1) is 0 Å². The van der Waals surface area contributed by atoms with Crippen molar-refractivity contribution in [2.75, 3.05) is 11.5 Å². The van der Waals surface area contributed by atoms with Gasteiger partial charge in [-0.1, -0.05) is 23.4 Å². The van der Waals surface area contributed by atoms with Gasteiger partial charge < -0.3 is 5.73 Å². The molecule has 1 heterocycles. The van der Waals surface area contributed by atoms with Crippen molar-refractivity contribution in [1.29, 1.82) is 0 Å². The number of hydrogen-bond acceptors (Lipinski definition) is 6. The first-order chi connectivity index (χ1) is 9.54. The van der Waals surface area contributed by atoms with Crippen LogP contribution in [0.3, 0.4) is 0 Å². The van der Waals surface area contributed by atoms with Crippen LogP contribution in [0.2, 0.25) is 5.02 Å². The lowest BCUT2D eigenvalue weighted by Crippen LogP contribution is -2.31. The molecule has 0 aliphatic rings. The number of aromatic amines is 1. The zero-order chi connectivity index (χ0) is 14.5. The summed E-state index contributed by atoms with van der Waals surface area (Å²) in [5, 5.41) is 9.32. The van der Waals surface area contributed by atoms with E-state index in [1.54, 1.807) is 12.1 Å². The lowest BCUT2D eigenvalue weighted by molar-refractivity contribution is -0.117. The molecule has 20 heavy (non-hydrogen) atoms. The van der Waals surface area contributed by atoms with Crippen molar-refractivity contribution in [2.24, 2.45) is 0 Å². The first kappa shape index (κ1) is 14.4. The van der Waals surface area contributed by atoms with Gasteiger partial charge in [0.15, 0.2) is 0 Å². The predicted octanol–water partition coefficient (Wildman–Crippen LogP) is 1.09. The summed E-state index contributed by atoms with van der Waals surface area (Å²) in [6, 6.07) is 6.22. The Labute approximate surface area is 123 Å². The molecule has 2 aromatic rings. The van der Waals surface area contributed by atoms with Crippen molar-refractivity contribution < 1.29 is 9.59 Å². The van der Waals surface area contributed by atoms with Crippen LogP contribution in [0.4, 0.5) is 5.95 Å². The Balaban J connectivity index is 1.85. The summed E-state index contributed by atoms with van der Waals surface area (Å²) < 4.78 is 0. The first-order valence-corrected chi connectivity index (χ1v) is 6.81. The molecule has 2 amide bonds. The second-order valence-electron chi connectivity index (χ2n) is 3.68. The monoisotopic (exact) mass is 311 g/mol. The van der Waals surface area contributed by atoms with Crippen LogP contribution in [0.15, 0.2) is 29.4 Å². The number of nitrogens with two attached hydrogens (primary N) is 1. The topological polar surface area (TPSA) is 114 Å². The lowest BCUT2D eigenvalue weighted by atomic mass is 10.2. The van der Waals surface area contributed by atoms with Crippen LogP contribution < -0.4 is 11.1 Å². The molecule has 0 saturated heterocycles. The number of carbonyl (C=O) groups excluding carboxylic acids is 2. The highest BCUT2D eigenvalue weighted by Crippen LogP contribution is 2.12. The largest absolute Gasteiger partial charge is 0.368 e. The molecule has 4 N–H and O–H groups in total. The molecule has 9 heteroatoms. The van der Waals surface area contributed by atoms with Crippen molar-refractivity contribution in [3.8, 4) is 0 Å². The summed E-state index contributed by atoms with van der Waals surface area (Å²) in [6.45, 7) is 0. The number of amides is 2. The Morgan fingerprint density at radius 2 is 2.05 bits per heavy atom. The Kier molecular flexibility index (Phi) is 4.59. The standard InChI is InChI=1S/C11H10ClN5O2S/c12-7-3-1-6(2-4-7)9(19)14-8(18)5-20-11-15-10(13)16-17-11/h1-4H,5H2,(H,14,18,19)(H3,13,15,16,17). The molecule has 1 aromatic carbocycles. The SMILES string of the molecule is Nc1nc(SCC(=O)NC(=O)c2ccc(Cl)cc2)n[nH]1. The molecule has 0 radical (unpaired) electrons. The van der Waals surface area contributed by atoms with E-state index in [-0.39, 0.29) is 11.7 Å². The third kappa shape index (κ3) is 3.97. The molecule has 0 unspecified atom stereocenters. The number of halogens is 1. The molecule has 0 aliphatic heterocycles. The molecule has 0 fully saturated rings. The number of thioether (sulfide) groups is 1. The van der Waals surface area contributed by atoms with E-state index in [1.807, 2.05) is 0 Å². The fraction of sp³-hybridized carbons (Fsp3) is 0.0909. The molecular formula is C11H10ClN5O2S. The molecule has 0 bridgehead atoms. The fourth-order valence-electron chi connectivity index (χ4n) is 1.29. The summed E-state index contributed by atoms with van der Waals surface area (Å²) in [5.41, 5.74) is 5.70. The molecule has 1 aromatic heterocycles. The molecule has 0 atom stereocenters. The minimum Gasteiger partial charge on any atom is -0.368 e. The molecule has 0 saturated carbocycles. The van der Waals surface area contributed by atoms with Crippen LogP contribution in [-0.4, -0.2) is 32.7 Å². The number of nitrogens with zero attached hydrogens (tertiary/aromatic N) is 2. The van der Waals surface area contributed by atoms with Gasteiger partial charge in [-0.25, -0.2) is 5.10 Å². The van der Waals surface area contributed by atoms with E-state index in [1.165, 1.54) is 12.1 Å². The number of H-pyrrole nitrogens is 1. The van der Waals surface area contributed by atoms with Crippen molar-refractivity contribution in [1.82, 2.24) is 20.5 Å². The number of hydrogen-bond donors (Lipinski definition) is 3. The maximum Gasteiger partial charge on any atom is 0.257 e. The zero-order valence-electron chi connectivity index (χ0n) is 10.1. The molecule has 0 spiro atoms. The van der Waals surface area contributed by atoms with E-state index in [0.29, 0.717) is 15.7 Å². The smallest absolute Gasteiger partial charge is 0.257 e. The highest BCUT2D eigenvalue weighted by atomic mass is 35.5. The Morgan fingerprint density at radius 3 is 2.65 bits per heavy atom. The van der Waals surface area contributed by atoms with Gasteiger partial charge in [-0.3, -0.25) is 14.9 Å². The van der Waals surface area contributed by atoms with Gasteiger partial charge in [0, 0.05) is 10.6 Å². The maximum atomic E-state index is 11.7. The van der Waals surface area contributed by atoms with Crippen LogP contribution in [-0.2, 0) is 4.79 Å². The van der Waals surface area contributed by atoms with Crippen molar-refractivity contribution in [3.63, 3.8) is 0 Å². The fourth-order valence-corrected chi connectivity index (χ4v) is 2.02. The summed E-state index contributed by atoms with van der Waals surface area (Å²) in [6.07, 6.45) is 0. The first-order valence-electron chi connectivity index (χ1n) is 5.45. The van der Waals surface area contributed by atoms with Crippen molar-refractivity contribution in [3.05, 3.63) is 34.9 Å². The number of nitrogen functional groups attached to an aromatic ring is 1. The lowest BCUT2D eigenvalue weighted by Gasteiger charge is -2.03. The second kappa shape index (κ2) is 6.40.